The molecule has 0 unspecified atom stereocenters. The maximum atomic E-state index is 11.6. The van der Waals surface area contributed by atoms with Crippen LogP contribution in [0.2, 0.25) is 0 Å². The maximum absolute atomic E-state index is 11.6. The van der Waals surface area contributed by atoms with E-state index >= 15 is 0 Å². The van der Waals surface area contributed by atoms with E-state index in [9.17, 15) is 4.79 Å². The molecule has 174 valence electrons. The van der Waals surface area contributed by atoms with Crippen LogP contribution in [0.5, 0.6) is 0 Å². The fourth-order valence-electron chi connectivity index (χ4n) is 4.68. The molecule has 0 radical (unpaired) electrons. The molecule has 2 aromatic heterocycles. The number of piperazine rings is 1. The number of rotatable bonds is 7. The zero-order chi connectivity index (χ0) is 23.5. The minimum atomic E-state index is 0.0728. The van der Waals surface area contributed by atoms with E-state index in [4.69, 9.17) is 0 Å². The van der Waals surface area contributed by atoms with Crippen molar-refractivity contribution in [2.24, 2.45) is 0 Å². The van der Waals surface area contributed by atoms with Crippen LogP contribution in [-0.4, -0.2) is 52.8 Å². The molecular weight excluding hydrogens is 422 g/mol. The van der Waals surface area contributed by atoms with Gasteiger partial charge in [0.05, 0.1) is 11.4 Å². The molecule has 1 N–H and O–H groups in total. The van der Waals surface area contributed by atoms with Crippen molar-refractivity contribution < 1.29 is 4.79 Å². The van der Waals surface area contributed by atoms with E-state index in [-0.39, 0.29) is 5.78 Å². The van der Waals surface area contributed by atoms with E-state index in [2.05, 4.69) is 67.8 Å². The predicted molar refractivity (Wildman–Crippen MR) is 139 cm³/mol. The summed E-state index contributed by atoms with van der Waals surface area (Å²) < 4.78 is 2.08. The largest absolute Gasteiger partial charge is 0.369 e. The predicted octanol–water partition coefficient (Wildman–Crippen LogP) is 5.48. The number of aromatic nitrogens is 2. The van der Waals surface area contributed by atoms with Crippen LogP contribution in [0.25, 0.3) is 16.9 Å². The molecule has 3 heterocycles. The second kappa shape index (κ2) is 9.69. The van der Waals surface area contributed by atoms with Crippen LogP contribution in [-0.2, 0) is 0 Å². The molecule has 0 spiro atoms. The minimum Gasteiger partial charge on any atom is -0.369 e. The molecule has 0 amide bonds. The number of fused-ring (bicyclic) bond motifs is 1. The number of ketones is 1. The summed E-state index contributed by atoms with van der Waals surface area (Å²) in [5, 5.41) is 3.53. The van der Waals surface area contributed by atoms with Gasteiger partial charge in [-0.3, -0.25) is 14.1 Å². The van der Waals surface area contributed by atoms with Crippen molar-refractivity contribution in [1.29, 1.82) is 0 Å². The number of carbonyl (C=O) groups is 1. The molecule has 1 aliphatic heterocycles. The first-order chi connectivity index (χ1) is 16.6. The number of nitrogens with one attached hydrogen (secondary N) is 1. The van der Waals surface area contributed by atoms with E-state index in [0.717, 1.165) is 60.0 Å². The van der Waals surface area contributed by atoms with Gasteiger partial charge in [0.1, 0.15) is 0 Å². The van der Waals surface area contributed by atoms with Gasteiger partial charge in [0.25, 0.3) is 0 Å². The lowest BCUT2D eigenvalue weighted by atomic mass is 10.1. The second-order valence-electron chi connectivity index (χ2n) is 8.89. The topological polar surface area (TPSA) is 52.9 Å². The minimum absolute atomic E-state index is 0.0728. The van der Waals surface area contributed by atoms with Crippen LogP contribution in [0.15, 0.2) is 73.1 Å². The highest BCUT2D eigenvalue weighted by molar-refractivity contribution is 5.94. The summed E-state index contributed by atoms with van der Waals surface area (Å²) in [5.74, 6) is 0.0728. The number of carbonyl (C=O) groups excluding carboxylic acids is 1. The summed E-state index contributed by atoms with van der Waals surface area (Å²) in [6, 6.07) is 20.6. The van der Waals surface area contributed by atoms with Crippen molar-refractivity contribution in [3.05, 3.63) is 78.6 Å². The van der Waals surface area contributed by atoms with Gasteiger partial charge in [0, 0.05) is 55.5 Å². The Labute approximate surface area is 200 Å². The van der Waals surface area contributed by atoms with Crippen LogP contribution in [0, 0.1) is 0 Å². The normalized spacial score (nSPS) is 14.5. The Kier molecular flexibility index (Phi) is 6.32. The molecule has 5 rings (SSSR count). The van der Waals surface area contributed by atoms with Crippen LogP contribution in [0.4, 0.5) is 17.1 Å². The van der Waals surface area contributed by atoms with Crippen molar-refractivity contribution in [3.63, 3.8) is 0 Å². The van der Waals surface area contributed by atoms with Crippen LogP contribution < -0.4 is 10.2 Å². The SMILES string of the molecule is CCCN1CCN(c2ccc(Nc3ccc(-c4ccc(C(C)=O)cc4)n4ccnc34)cc2)CC1. The Morgan fingerprint density at radius 1 is 0.941 bits per heavy atom. The van der Waals surface area contributed by atoms with Crippen molar-refractivity contribution in [2.75, 3.05) is 42.9 Å². The fourth-order valence-corrected chi connectivity index (χ4v) is 4.68. The molecule has 6 heteroatoms. The van der Waals surface area contributed by atoms with Gasteiger partial charge in [-0.05, 0) is 61.9 Å². The Balaban J connectivity index is 1.32. The highest BCUT2D eigenvalue weighted by Gasteiger charge is 2.16. The quantitative estimate of drug-likeness (QED) is 0.376. The molecule has 2 aromatic carbocycles. The average molecular weight is 454 g/mol. The number of pyridine rings is 1. The summed E-state index contributed by atoms with van der Waals surface area (Å²) >= 11 is 0. The third kappa shape index (κ3) is 4.54. The zero-order valence-corrected chi connectivity index (χ0v) is 19.9. The number of anilines is 3. The molecule has 4 aromatic rings. The van der Waals surface area contributed by atoms with Gasteiger partial charge >= 0.3 is 0 Å². The zero-order valence-electron chi connectivity index (χ0n) is 19.9. The van der Waals surface area contributed by atoms with Gasteiger partial charge in [-0.2, -0.15) is 0 Å². The third-order valence-electron chi connectivity index (χ3n) is 6.56. The van der Waals surface area contributed by atoms with Crippen molar-refractivity contribution in [3.8, 4) is 11.3 Å². The van der Waals surface area contributed by atoms with Gasteiger partial charge in [0.15, 0.2) is 11.4 Å². The Hall–Kier alpha value is -3.64. The van der Waals surface area contributed by atoms with E-state index in [1.807, 2.05) is 36.7 Å². The Morgan fingerprint density at radius 3 is 2.35 bits per heavy atom. The Morgan fingerprint density at radius 2 is 1.68 bits per heavy atom. The molecule has 1 aliphatic rings. The molecule has 6 nitrogen and oxygen atoms in total. The van der Waals surface area contributed by atoms with E-state index in [1.165, 1.54) is 18.7 Å². The summed E-state index contributed by atoms with van der Waals surface area (Å²) in [6.07, 6.45) is 5.00. The Bertz CT molecular complexity index is 1270. The molecule has 34 heavy (non-hydrogen) atoms. The molecule has 0 aliphatic carbocycles. The summed E-state index contributed by atoms with van der Waals surface area (Å²) in [6.45, 7) is 9.46. The smallest absolute Gasteiger partial charge is 0.161 e. The lowest BCUT2D eigenvalue weighted by Crippen LogP contribution is -2.46. The summed E-state index contributed by atoms with van der Waals surface area (Å²) in [4.78, 5) is 21.2. The lowest BCUT2D eigenvalue weighted by Gasteiger charge is -2.36. The van der Waals surface area contributed by atoms with E-state index in [1.54, 1.807) is 6.92 Å². The maximum Gasteiger partial charge on any atom is 0.161 e. The van der Waals surface area contributed by atoms with Crippen LogP contribution >= 0.6 is 0 Å². The number of imidazole rings is 1. The fraction of sp³-hybridized carbons (Fsp3) is 0.286. The van der Waals surface area contributed by atoms with Gasteiger partial charge in [-0.15, -0.1) is 0 Å². The van der Waals surface area contributed by atoms with Crippen LogP contribution in [0.3, 0.4) is 0 Å². The summed E-state index contributed by atoms with van der Waals surface area (Å²) in [7, 11) is 0. The van der Waals surface area contributed by atoms with Gasteiger partial charge < -0.3 is 10.2 Å². The first-order valence-electron chi connectivity index (χ1n) is 12.0. The molecule has 0 bridgehead atoms. The standard InChI is InChI=1S/C28H31N5O/c1-3-15-31-17-19-32(20-18-31)25-10-8-24(9-11-25)30-26-12-13-27(33-16-14-29-28(26)33)23-6-4-22(5-7-23)21(2)34/h4-14,16,30H,3,15,17-20H2,1-2H3. The molecule has 1 saturated heterocycles. The summed E-state index contributed by atoms with van der Waals surface area (Å²) in [5.41, 5.74) is 6.93. The number of nitrogens with zero attached hydrogens (tertiary/aromatic N) is 4. The lowest BCUT2D eigenvalue weighted by molar-refractivity contribution is 0.101. The number of hydrogen-bond donors (Lipinski definition) is 1. The van der Waals surface area contributed by atoms with Crippen molar-refractivity contribution in [1.82, 2.24) is 14.3 Å². The third-order valence-corrected chi connectivity index (χ3v) is 6.56. The van der Waals surface area contributed by atoms with Gasteiger partial charge in [0.2, 0.25) is 0 Å². The second-order valence-corrected chi connectivity index (χ2v) is 8.89. The first-order valence-corrected chi connectivity index (χ1v) is 12.0. The van der Waals surface area contributed by atoms with Gasteiger partial charge in [-0.1, -0.05) is 31.2 Å². The van der Waals surface area contributed by atoms with Crippen molar-refractivity contribution >= 4 is 28.5 Å². The van der Waals surface area contributed by atoms with Gasteiger partial charge in [-0.25, -0.2) is 4.98 Å². The monoisotopic (exact) mass is 453 g/mol. The molecule has 1 fully saturated rings. The highest BCUT2D eigenvalue weighted by Crippen LogP contribution is 2.29. The van der Waals surface area contributed by atoms with Crippen molar-refractivity contribution in [2.45, 2.75) is 20.3 Å². The number of Topliss-reactive ketones (excluding diaryl/α,β-unsaturated/α-hetero) is 1. The van der Waals surface area contributed by atoms with E-state index in [0.29, 0.717) is 0 Å². The highest BCUT2D eigenvalue weighted by atomic mass is 16.1. The number of hydrogen-bond acceptors (Lipinski definition) is 5. The molecule has 0 saturated carbocycles. The average Bonchev–Trinajstić information content (AvgIpc) is 3.36. The first kappa shape index (κ1) is 22.2. The molecule has 0 atom stereocenters. The van der Waals surface area contributed by atoms with E-state index < -0.39 is 0 Å². The molecular formula is C28H31N5O. The number of benzene rings is 2. The van der Waals surface area contributed by atoms with Crippen LogP contribution in [0.1, 0.15) is 30.6 Å².